The SMILES string of the molecule is NC(=O)c1sc(N2C3CCC2CC(O)C3)cc1N. The summed E-state index contributed by atoms with van der Waals surface area (Å²) in [6.07, 6.45) is 3.63. The molecule has 0 radical (unpaired) electrons. The standard InChI is InChI=1S/C12H17N3O2S/c13-9-5-10(18-11(9)12(14)17)15-6-1-2-7(15)4-8(16)3-6/h5-8,16H,1-4,13H2,(H2,14,17). The Morgan fingerprint density at radius 3 is 2.50 bits per heavy atom. The number of anilines is 2. The molecule has 2 atom stereocenters. The number of hydrogen-bond donors (Lipinski definition) is 3. The number of fused-ring (bicyclic) bond motifs is 2. The largest absolute Gasteiger partial charge is 0.397 e. The van der Waals surface area contributed by atoms with Gasteiger partial charge in [0.25, 0.3) is 5.91 Å². The fraction of sp³-hybridized carbons (Fsp3) is 0.583. The molecule has 1 aromatic rings. The second kappa shape index (κ2) is 4.13. The predicted molar refractivity (Wildman–Crippen MR) is 71.8 cm³/mol. The predicted octanol–water partition coefficient (Wildman–Crippen LogP) is 0.921. The fourth-order valence-corrected chi connectivity index (χ4v) is 4.30. The van der Waals surface area contributed by atoms with Crippen molar-refractivity contribution >= 4 is 27.9 Å². The van der Waals surface area contributed by atoms with E-state index in [-0.39, 0.29) is 6.10 Å². The van der Waals surface area contributed by atoms with E-state index in [1.807, 2.05) is 6.07 Å². The molecule has 18 heavy (non-hydrogen) atoms. The molecule has 5 nitrogen and oxygen atoms in total. The summed E-state index contributed by atoms with van der Waals surface area (Å²) in [7, 11) is 0. The summed E-state index contributed by atoms with van der Waals surface area (Å²) < 4.78 is 0. The molecule has 3 rings (SSSR count). The van der Waals surface area contributed by atoms with Crippen molar-refractivity contribution in [1.82, 2.24) is 0 Å². The molecule has 2 aliphatic heterocycles. The quantitative estimate of drug-likeness (QED) is 0.743. The van der Waals surface area contributed by atoms with Crippen LogP contribution in [0.1, 0.15) is 35.4 Å². The number of hydrogen-bond acceptors (Lipinski definition) is 5. The first-order chi connectivity index (χ1) is 8.56. The highest BCUT2D eigenvalue weighted by atomic mass is 32.1. The van der Waals surface area contributed by atoms with Gasteiger partial charge in [0.15, 0.2) is 0 Å². The number of primary amides is 1. The molecular weight excluding hydrogens is 250 g/mol. The van der Waals surface area contributed by atoms with E-state index >= 15 is 0 Å². The van der Waals surface area contributed by atoms with Gasteiger partial charge in [-0.2, -0.15) is 0 Å². The smallest absolute Gasteiger partial charge is 0.260 e. The number of amides is 1. The topological polar surface area (TPSA) is 92.6 Å². The number of carbonyl (C=O) groups is 1. The highest BCUT2D eigenvalue weighted by molar-refractivity contribution is 7.18. The van der Waals surface area contributed by atoms with Gasteiger partial charge in [0.05, 0.1) is 16.8 Å². The molecule has 0 spiro atoms. The molecule has 0 aromatic carbocycles. The van der Waals surface area contributed by atoms with E-state index in [0.717, 1.165) is 30.7 Å². The minimum atomic E-state index is -0.465. The number of piperidine rings is 1. The van der Waals surface area contributed by atoms with Crippen molar-refractivity contribution in [2.45, 2.75) is 43.9 Å². The zero-order valence-electron chi connectivity index (χ0n) is 10.0. The van der Waals surface area contributed by atoms with E-state index in [0.29, 0.717) is 22.6 Å². The maximum Gasteiger partial charge on any atom is 0.260 e. The lowest BCUT2D eigenvalue weighted by molar-refractivity contribution is 0.100. The van der Waals surface area contributed by atoms with Gasteiger partial charge in [0, 0.05) is 12.1 Å². The molecule has 2 unspecified atom stereocenters. The zero-order valence-corrected chi connectivity index (χ0v) is 10.8. The lowest BCUT2D eigenvalue weighted by Gasteiger charge is -2.37. The van der Waals surface area contributed by atoms with Crippen molar-refractivity contribution in [3.63, 3.8) is 0 Å². The van der Waals surface area contributed by atoms with Crippen molar-refractivity contribution in [2.75, 3.05) is 10.6 Å². The number of rotatable bonds is 2. The molecule has 2 fully saturated rings. The van der Waals surface area contributed by atoms with Gasteiger partial charge < -0.3 is 21.5 Å². The van der Waals surface area contributed by atoms with Gasteiger partial charge in [-0.15, -0.1) is 11.3 Å². The van der Waals surface area contributed by atoms with Crippen LogP contribution in [-0.2, 0) is 0 Å². The van der Waals surface area contributed by atoms with Crippen LogP contribution in [0.15, 0.2) is 6.07 Å². The number of nitrogen functional groups attached to an aromatic ring is 1. The Morgan fingerprint density at radius 2 is 2.00 bits per heavy atom. The Morgan fingerprint density at radius 1 is 1.39 bits per heavy atom. The van der Waals surface area contributed by atoms with E-state index in [1.165, 1.54) is 11.3 Å². The van der Waals surface area contributed by atoms with Crippen LogP contribution in [0.2, 0.25) is 0 Å². The van der Waals surface area contributed by atoms with Gasteiger partial charge in [-0.1, -0.05) is 0 Å². The summed E-state index contributed by atoms with van der Waals surface area (Å²) in [6.45, 7) is 0. The molecule has 2 bridgehead atoms. The Balaban J connectivity index is 1.92. The number of nitrogens with zero attached hydrogens (tertiary/aromatic N) is 1. The maximum atomic E-state index is 11.2. The van der Waals surface area contributed by atoms with Crippen LogP contribution in [-0.4, -0.2) is 29.2 Å². The van der Waals surface area contributed by atoms with E-state index in [1.54, 1.807) is 0 Å². The van der Waals surface area contributed by atoms with Crippen molar-refractivity contribution in [3.8, 4) is 0 Å². The third-order valence-electron chi connectivity index (χ3n) is 3.93. The van der Waals surface area contributed by atoms with E-state index in [4.69, 9.17) is 11.5 Å². The maximum absolute atomic E-state index is 11.2. The van der Waals surface area contributed by atoms with Gasteiger partial charge in [-0.05, 0) is 31.7 Å². The summed E-state index contributed by atoms with van der Waals surface area (Å²) in [6, 6.07) is 2.59. The van der Waals surface area contributed by atoms with Crippen LogP contribution in [0.5, 0.6) is 0 Å². The van der Waals surface area contributed by atoms with E-state index < -0.39 is 5.91 Å². The summed E-state index contributed by atoms with van der Waals surface area (Å²) in [5.41, 5.74) is 11.6. The van der Waals surface area contributed by atoms with Crippen molar-refractivity contribution < 1.29 is 9.90 Å². The number of thiophene rings is 1. The summed E-state index contributed by atoms with van der Waals surface area (Å²) >= 11 is 1.37. The molecule has 2 aliphatic rings. The average Bonchev–Trinajstić information content (AvgIpc) is 2.78. The molecule has 6 heteroatoms. The first-order valence-electron chi connectivity index (χ1n) is 6.21. The first kappa shape index (κ1) is 11.8. The Labute approximate surface area is 109 Å². The lowest BCUT2D eigenvalue weighted by atomic mass is 10.0. The second-order valence-electron chi connectivity index (χ2n) is 5.15. The number of aliphatic hydroxyl groups excluding tert-OH is 1. The second-order valence-corrected chi connectivity index (χ2v) is 6.18. The third kappa shape index (κ3) is 1.76. The molecule has 3 heterocycles. The summed E-state index contributed by atoms with van der Waals surface area (Å²) in [4.78, 5) is 14.0. The fourth-order valence-electron chi connectivity index (χ4n) is 3.22. The van der Waals surface area contributed by atoms with Crippen LogP contribution in [0.3, 0.4) is 0 Å². The highest BCUT2D eigenvalue weighted by Crippen LogP contribution is 2.43. The number of nitrogens with two attached hydrogens (primary N) is 2. The van der Waals surface area contributed by atoms with Gasteiger partial charge in [0.1, 0.15) is 4.88 Å². The number of aliphatic hydroxyl groups is 1. The van der Waals surface area contributed by atoms with Gasteiger partial charge in [0.2, 0.25) is 0 Å². The minimum absolute atomic E-state index is 0.188. The highest BCUT2D eigenvalue weighted by Gasteiger charge is 2.41. The third-order valence-corrected chi connectivity index (χ3v) is 5.11. The molecule has 1 aromatic heterocycles. The molecular formula is C12H17N3O2S. The van der Waals surface area contributed by atoms with Crippen LogP contribution in [0.25, 0.3) is 0 Å². The van der Waals surface area contributed by atoms with E-state index in [9.17, 15) is 9.90 Å². The molecule has 2 saturated heterocycles. The first-order valence-corrected chi connectivity index (χ1v) is 7.03. The number of carbonyl (C=O) groups excluding carboxylic acids is 1. The van der Waals surface area contributed by atoms with Crippen LogP contribution in [0, 0.1) is 0 Å². The zero-order chi connectivity index (χ0) is 12.9. The normalized spacial score (nSPS) is 30.7. The average molecular weight is 267 g/mol. The molecule has 1 amide bonds. The Kier molecular flexibility index (Phi) is 2.71. The van der Waals surface area contributed by atoms with Crippen molar-refractivity contribution in [1.29, 1.82) is 0 Å². The summed E-state index contributed by atoms with van der Waals surface area (Å²) in [5, 5.41) is 10.8. The van der Waals surface area contributed by atoms with Crippen molar-refractivity contribution in [3.05, 3.63) is 10.9 Å². The van der Waals surface area contributed by atoms with Crippen LogP contribution in [0.4, 0.5) is 10.7 Å². The van der Waals surface area contributed by atoms with Crippen LogP contribution >= 0.6 is 11.3 Å². The van der Waals surface area contributed by atoms with Crippen LogP contribution < -0.4 is 16.4 Å². The Hall–Kier alpha value is -1.27. The molecule has 98 valence electrons. The van der Waals surface area contributed by atoms with E-state index in [2.05, 4.69) is 4.90 Å². The monoisotopic (exact) mass is 267 g/mol. The van der Waals surface area contributed by atoms with Crippen molar-refractivity contribution in [2.24, 2.45) is 5.73 Å². The molecule has 5 N–H and O–H groups in total. The molecule has 0 aliphatic carbocycles. The summed E-state index contributed by atoms with van der Waals surface area (Å²) in [5.74, 6) is -0.465. The van der Waals surface area contributed by atoms with Gasteiger partial charge in [-0.3, -0.25) is 4.79 Å². The lowest BCUT2D eigenvalue weighted by Crippen LogP contribution is -2.44. The molecule has 0 saturated carbocycles. The van der Waals surface area contributed by atoms with Gasteiger partial charge in [-0.25, -0.2) is 0 Å². The minimum Gasteiger partial charge on any atom is -0.397 e. The van der Waals surface area contributed by atoms with Gasteiger partial charge >= 0.3 is 0 Å². The Bertz CT molecular complexity index is 474.